The van der Waals surface area contributed by atoms with Crippen molar-refractivity contribution in [2.24, 2.45) is 0 Å². The molecule has 4 rings (SSSR count). The van der Waals surface area contributed by atoms with E-state index in [1.165, 1.54) is 16.7 Å². The molecule has 1 aromatic carbocycles. The van der Waals surface area contributed by atoms with Gasteiger partial charge in [-0.25, -0.2) is 0 Å². The third-order valence-corrected chi connectivity index (χ3v) is 5.57. The van der Waals surface area contributed by atoms with Gasteiger partial charge in [0.25, 0.3) is 0 Å². The predicted molar refractivity (Wildman–Crippen MR) is 100 cm³/mol. The number of carbonyl (C=O) groups is 1. The molecule has 1 aliphatic heterocycles. The lowest BCUT2D eigenvalue weighted by molar-refractivity contribution is -0.134. The zero-order valence-electron chi connectivity index (χ0n) is 15.2. The Labute approximate surface area is 154 Å². The maximum absolute atomic E-state index is 13.1. The highest BCUT2D eigenvalue weighted by Crippen LogP contribution is 2.36. The number of pyridine rings is 1. The highest BCUT2D eigenvalue weighted by atomic mass is 16.5. The van der Waals surface area contributed by atoms with Gasteiger partial charge in [-0.15, -0.1) is 0 Å². The van der Waals surface area contributed by atoms with Crippen molar-refractivity contribution < 1.29 is 9.53 Å². The van der Waals surface area contributed by atoms with Gasteiger partial charge in [-0.1, -0.05) is 6.07 Å². The molecule has 1 unspecified atom stereocenters. The molecule has 0 bridgehead atoms. The SMILES string of the molecule is COc1ccc2c(c1)CCC2C(=O)N1CCN(Cc2ccncc2)CC1. The molecule has 2 aliphatic rings. The van der Waals surface area contributed by atoms with E-state index in [0.717, 1.165) is 51.3 Å². The fourth-order valence-corrected chi connectivity index (χ4v) is 4.07. The Balaban J connectivity index is 1.36. The highest BCUT2D eigenvalue weighted by Gasteiger charge is 2.33. The summed E-state index contributed by atoms with van der Waals surface area (Å²) in [6.45, 7) is 4.40. The number of amides is 1. The monoisotopic (exact) mass is 351 g/mol. The second-order valence-corrected chi connectivity index (χ2v) is 7.11. The summed E-state index contributed by atoms with van der Waals surface area (Å²) in [6, 6.07) is 10.2. The van der Waals surface area contributed by atoms with Crippen molar-refractivity contribution in [3.8, 4) is 5.75 Å². The molecule has 1 aromatic heterocycles. The fraction of sp³-hybridized carbons (Fsp3) is 0.429. The molecular weight excluding hydrogens is 326 g/mol. The first-order chi connectivity index (χ1) is 12.7. The van der Waals surface area contributed by atoms with Crippen LogP contribution < -0.4 is 4.74 Å². The molecule has 1 amide bonds. The molecule has 136 valence electrons. The number of carbonyl (C=O) groups excluding carboxylic acids is 1. The van der Waals surface area contributed by atoms with E-state index in [9.17, 15) is 4.79 Å². The van der Waals surface area contributed by atoms with E-state index in [-0.39, 0.29) is 11.8 Å². The maximum Gasteiger partial charge on any atom is 0.230 e. The van der Waals surface area contributed by atoms with Crippen LogP contribution in [0.4, 0.5) is 0 Å². The van der Waals surface area contributed by atoms with Gasteiger partial charge >= 0.3 is 0 Å². The number of nitrogens with zero attached hydrogens (tertiary/aromatic N) is 3. The smallest absolute Gasteiger partial charge is 0.230 e. The summed E-state index contributed by atoms with van der Waals surface area (Å²) >= 11 is 0. The van der Waals surface area contributed by atoms with Crippen LogP contribution in [-0.4, -0.2) is 54.0 Å². The van der Waals surface area contributed by atoms with Gasteiger partial charge in [-0.2, -0.15) is 0 Å². The van der Waals surface area contributed by atoms with E-state index in [4.69, 9.17) is 4.74 Å². The van der Waals surface area contributed by atoms with Crippen molar-refractivity contribution in [3.05, 3.63) is 59.4 Å². The summed E-state index contributed by atoms with van der Waals surface area (Å²) < 4.78 is 5.31. The first-order valence-corrected chi connectivity index (χ1v) is 9.31. The molecule has 0 saturated carbocycles. The summed E-state index contributed by atoms with van der Waals surface area (Å²) in [6.07, 6.45) is 5.55. The Bertz CT molecular complexity index is 770. The zero-order chi connectivity index (χ0) is 17.9. The fourth-order valence-electron chi connectivity index (χ4n) is 4.07. The Hall–Kier alpha value is -2.40. The van der Waals surface area contributed by atoms with Gasteiger partial charge in [-0.05, 0) is 53.8 Å². The number of fused-ring (bicyclic) bond motifs is 1. The minimum Gasteiger partial charge on any atom is -0.497 e. The Morgan fingerprint density at radius 2 is 1.92 bits per heavy atom. The Morgan fingerprint density at radius 3 is 2.65 bits per heavy atom. The number of aryl methyl sites for hydroxylation is 1. The lowest BCUT2D eigenvalue weighted by Crippen LogP contribution is -2.49. The molecule has 1 aliphatic carbocycles. The van der Waals surface area contributed by atoms with Crippen LogP contribution >= 0.6 is 0 Å². The first kappa shape index (κ1) is 17.0. The quantitative estimate of drug-likeness (QED) is 0.849. The second kappa shape index (κ2) is 7.46. The second-order valence-electron chi connectivity index (χ2n) is 7.11. The highest BCUT2D eigenvalue weighted by molar-refractivity contribution is 5.85. The van der Waals surface area contributed by atoms with Crippen LogP contribution in [0.25, 0.3) is 0 Å². The van der Waals surface area contributed by atoms with Crippen molar-refractivity contribution in [3.63, 3.8) is 0 Å². The van der Waals surface area contributed by atoms with Gasteiger partial charge in [0.05, 0.1) is 13.0 Å². The zero-order valence-corrected chi connectivity index (χ0v) is 15.2. The first-order valence-electron chi connectivity index (χ1n) is 9.31. The van der Waals surface area contributed by atoms with Crippen LogP contribution in [0.1, 0.15) is 29.0 Å². The van der Waals surface area contributed by atoms with Crippen LogP contribution in [0.5, 0.6) is 5.75 Å². The molecule has 0 spiro atoms. The van der Waals surface area contributed by atoms with Gasteiger partial charge in [0, 0.05) is 45.1 Å². The van der Waals surface area contributed by atoms with Crippen LogP contribution in [0, 0.1) is 0 Å². The van der Waals surface area contributed by atoms with Gasteiger partial charge in [0.1, 0.15) is 5.75 Å². The topological polar surface area (TPSA) is 45.7 Å². The molecular formula is C21H25N3O2. The standard InChI is InChI=1S/C21H25N3O2/c1-26-18-3-5-19-17(14-18)2-4-20(19)21(25)24-12-10-23(11-13-24)15-16-6-8-22-9-7-16/h3,5-9,14,20H,2,4,10-13,15H2,1H3. The number of benzene rings is 1. The van der Waals surface area contributed by atoms with Crippen molar-refractivity contribution >= 4 is 5.91 Å². The van der Waals surface area contributed by atoms with Crippen LogP contribution in [0.15, 0.2) is 42.7 Å². The number of ether oxygens (including phenoxy) is 1. The molecule has 5 nitrogen and oxygen atoms in total. The minimum atomic E-state index is 0.0163. The number of hydrogen-bond acceptors (Lipinski definition) is 4. The summed E-state index contributed by atoms with van der Waals surface area (Å²) in [5.74, 6) is 1.18. The summed E-state index contributed by atoms with van der Waals surface area (Å²) in [5.41, 5.74) is 3.73. The maximum atomic E-state index is 13.1. The van der Waals surface area contributed by atoms with Crippen molar-refractivity contribution in [1.29, 1.82) is 0 Å². The third kappa shape index (κ3) is 3.44. The van der Waals surface area contributed by atoms with Gasteiger partial charge in [0.15, 0.2) is 0 Å². The van der Waals surface area contributed by atoms with E-state index >= 15 is 0 Å². The lowest BCUT2D eigenvalue weighted by atomic mass is 9.99. The molecule has 0 N–H and O–H groups in total. The molecule has 0 radical (unpaired) electrons. The summed E-state index contributed by atoms with van der Waals surface area (Å²) in [7, 11) is 1.69. The number of piperazine rings is 1. The average molecular weight is 351 g/mol. The Morgan fingerprint density at radius 1 is 1.15 bits per heavy atom. The van der Waals surface area contributed by atoms with E-state index in [1.54, 1.807) is 7.11 Å². The van der Waals surface area contributed by atoms with Crippen LogP contribution in [0.3, 0.4) is 0 Å². The third-order valence-electron chi connectivity index (χ3n) is 5.57. The molecule has 2 heterocycles. The number of aromatic nitrogens is 1. The predicted octanol–water partition coefficient (Wildman–Crippen LogP) is 2.46. The molecule has 2 aromatic rings. The van der Waals surface area contributed by atoms with Crippen LogP contribution in [-0.2, 0) is 17.8 Å². The van der Waals surface area contributed by atoms with E-state index < -0.39 is 0 Å². The van der Waals surface area contributed by atoms with Gasteiger partial charge < -0.3 is 9.64 Å². The van der Waals surface area contributed by atoms with Crippen molar-refractivity contribution in [2.45, 2.75) is 25.3 Å². The Kier molecular flexibility index (Phi) is 4.89. The van der Waals surface area contributed by atoms with Crippen molar-refractivity contribution in [2.75, 3.05) is 33.3 Å². The number of methoxy groups -OCH3 is 1. The number of rotatable bonds is 4. The molecule has 1 saturated heterocycles. The lowest BCUT2D eigenvalue weighted by Gasteiger charge is -2.36. The molecule has 26 heavy (non-hydrogen) atoms. The van der Waals surface area contributed by atoms with Gasteiger partial charge in [-0.3, -0.25) is 14.7 Å². The largest absolute Gasteiger partial charge is 0.497 e. The molecule has 5 heteroatoms. The summed E-state index contributed by atoms with van der Waals surface area (Å²) in [5, 5.41) is 0. The van der Waals surface area contributed by atoms with E-state index in [1.807, 2.05) is 23.4 Å². The van der Waals surface area contributed by atoms with E-state index in [2.05, 4.69) is 34.1 Å². The molecule has 1 fully saturated rings. The summed E-state index contributed by atoms with van der Waals surface area (Å²) in [4.78, 5) is 21.6. The normalized spacial score (nSPS) is 20.0. The molecule has 1 atom stereocenters. The van der Waals surface area contributed by atoms with E-state index in [0.29, 0.717) is 0 Å². The van der Waals surface area contributed by atoms with Gasteiger partial charge in [0.2, 0.25) is 5.91 Å². The average Bonchev–Trinajstić information content (AvgIpc) is 3.12. The number of hydrogen-bond donors (Lipinski definition) is 0. The minimum absolute atomic E-state index is 0.0163. The van der Waals surface area contributed by atoms with Crippen LogP contribution in [0.2, 0.25) is 0 Å². The van der Waals surface area contributed by atoms with Crippen molar-refractivity contribution in [1.82, 2.24) is 14.8 Å².